The molecule has 1 fully saturated rings. The smallest absolute Gasteiger partial charge is 0.194 e. The predicted octanol–water partition coefficient (Wildman–Crippen LogP) is 9.06. The van der Waals surface area contributed by atoms with Gasteiger partial charge in [0.25, 0.3) is 0 Å². The van der Waals surface area contributed by atoms with Gasteiger partial charge in [0.2, 0.25) is 0 Å². The van der Waals surface area contributed by atoms with Crippen LogP contribution in [0.2, 0.25) is 30.1 Å². The summed E-state index contributed by atoms with van der Waals surface area (Å²) in [5.41, 5.74) is 2.32. The molecule has 0 spiro atoms. The standard InChI is InChI=1S/C28H26Cl6O5/c1-28(35-2)27(38-14-18-5-8-21(31)11-24(18)34)26(37-13-17-4-7-20(30)10-23(17)33)25(39-28)15-36-12-16-3-6-19(29)9-22(16)32/h3-11,25-27H,12-15H2,1-2H3/t25-,26-,27-,28?/m1/s1. The molecule has 1 heterocycles. The Balaban J connectivity index is 1.53. The minimum absolute atomic E-state index is 0.179. The zero-order valence-corrected chi connectivity index (χ0v) is 25.6. The highest BCUT2D eigenvalue weighted by Crippen LogP contribution is 2.38. The van der Waals surface area contributed by atoms with E-state index >= 15 is 0 Å². The van der Waals surface area contributed by atoms with Crippen molar-refractivity contribution in [3.8, 4) is 0 Å². The maximum atomic E-state index is 6.40. The van der Waals surface area contributed by atoms with Gasteiger partial charge in [-0.15, -0.1) is 0 Å². The molecule has 0 radical (unpaired) electrons. The second kappa shape index (κ2) is 13.9. The zero-order valence-electron chi connectivity index (χ0n) is 21.1. The molecule has 0 bridgehead atoms. The fourth-order valence-electron chi connectivity index (χ4n) is 4.23. The van der Waals surface area contributed by atoms with Crippen LogP contribution in [0.4, 0.5) is 0 Å². The van der Waals surface area contributed by atoms with E-state index in [-0.39, 0.29) is 26.4 Å². The third-order valence-corrected chi connectivity index (χ3v) is 8.17. The summed E-state index contributed by atoms with van der Waals surface area (Å²) in [6.07, 6.45) is -1.78. The van der Waals surface area contributed by atoms with Gasteiger partial charge in [0, 0.05) is 37.2 Å². The van der Waals surface area contributed by atoms with Gasteiger partial charge in [0.05, 0.1) is 26.4 Å². The van der Waals surface area contributed by atoms with E-state index in [0.717, 1.165) is 16.7 Å². The number of hydrogen-bond acceptors (Lipinski definition) is 5. The van der Waals surface area contributed by atoms with E-state index in [1.807, 2.05) is 18.2 Å². The molecule has 4 rings (SSSR count). The quantitative estimate of drug-likeness (QED) is 0.206. The van der Waals surface area contributed by atoms with Crippen molar-refractivity contribution in [3.63, 3.8) is 0 Å². The van der Waals surface area contributed by atoms with Gasteiger partial charge in [-0.05, 0) is 60.0 Å². The highest BCUT2D eigenvalue weighted by molar-refractivity contribution is 6.36. The van der Waals surface area contributed by atoms with Gasteiger partial charge >= 0.3 is 0 Å². The molecule has 0 N–H and O–H groups in total. The lowest BCUT2D eigenvalue weighted by Crippen LogP contribution is -2.45. The van der Waals surface area contributed by atoms with Crippen molar-refractivity contribution >= 4 is 69.6 Å². The van der Waals surface area contributed by atoms with Gasteiger partial charge in [-0.2, -0.15) is 0 Å². The Morgan fingerprint density at radius 1 is 0.692 bits per heavy atom. The van der Waals surface area contributed by atoms with E-state index in [2.05, 4.69) is 0 Å². The molecule has 0 saturated carbocycles. The fourth-order valence-corrected chi connectivity index (χ4v) is 5.62. The molecular weight excluding hydrogens is 629 g/mol. The van der Waals surface area contributed by atoms with Crippen LogP contribution < -0.4 is 0 Å². The Hall–Kier alpha value is -0.800. The minimum atomic E-state index is -1.14. The van der Waals surface area contributed by atoms with Crippen LogP contribution in [0.25, 0.3) is 0 Å². The normalized spacial score (nSPS) is 22.9. The van der Waals surface area contributed by atoms with Gasteiger partial charge in [0.1, 0.15) is 18.3 Å². The molecule has 1 aliphatic rings. The molecule has 5 nitrogen and oxygen atoms in total. The molecule has 3 aromatic rings. The largest absolute Gasteiger partial charge is 0.374 e. The molecule has 0 aromatic heterocycles. The highest BCUT2D eigenvalue weighted by Gasteiger charge is 2.54. The van der Waals surface area contributed by atoms with Crippen molar-refractivity contribution in [2.24, 2.45) is 0 Å². The number of hydrogen-bond donors (Lipinski definition) is 0. The van der Waals surface area contributed by atoms with Crippen LogP contribution in [0.5, 0.6) is 0 Å². The van der Waals surface area contributed by atoms with Crippen molar-refractivity contribution in [2.75, 3.05) is 13.7 Å². The molecule has 1 unspecified atom stereocenters. The molecule has 0 amide bonds. The van der Waals surface area contributed by atoms with Crippen LogP contribution in [0.15, 0.2) is 54.6 Å². The second-order valence-corrected chi connectivity index (χ2v) is 11.6. The maximum Gasteiger partial charge on any atom is 0.194 e. The summed E-state index contributed by atoms with van der Waals surface area (Å²) in [6.45, 7) is 2.59. The second-order valence-electron chi connectivity index (χ2n) is 9.11. The van der Waals surface area contributed by atoms with E-state index in [0.29, 0.717) is 30.1 Å². The van der Waals surface area contributed by atoms with Gasteiger partial charge in [-0.25, -0.2) is 0 Å². The van der Waals surface area contributed by atoms with Gasteiger partial charge in [-0.3, -0.25) is 0 Å². The first-order chi connectivity index (χ1) is 18.6. The summed E-state index contributed by atoms with van der Waals surface area (Å²) in [5.74, 6) is -1.14. The zero-order chi connectivity index (χ0) is 28.2. The van der Waals surface area contributed by atoms with Crippen LogP contribution in [0.3, 0.4) is 0 Å². The Kier molecular flexibility index (Phi) is 11.1. The van der Waals surface area contributed by atoms with E-state index in [1.54, 1.807) is 50.4 Å². The summed E-state index contributed by atoms with van der Waals surface area (Å²) in [5, 5.41) is 3.12. The van der Waals surface area contributed by atoms with Gasteiger partial charge in [-0.1, -0.05) is 87.8 Å². The van der Waals surface area contributed by atoms with Gasteiger partial charge < -0.3 is 23.7 Å². The molecule has 1 saturated heterocycles. The molecule has 0 aliphatic carbocycles. The number of rotatable bonds is 11. The van der Waals surface area contributed by atoms with Crippen LogP contribution in [-0.2, 0) is 43.5 Å². The summed E-state index contributed by atoms with van der Waals surface area (Å²) in [6, 6.07) is 15.7. The molecule has 210 valence electrons. The van der Waals surface area contributed by atoms with Gasteiger partial charge in [0.15, 0.2) is 5.79 Å². The lowest BCUT2D eigenvalue weighted by atomic mass is 10.1. The van der Waals surface area contributed by atoms with Crippen molar-refractivity contribution in [3.05, 3.63) is 101 Å². The Labute approximate surface area is 258 Å². The Morgan fingerprint density at radius 3 is 1.62 bits per heavy atom. The van der Waals surface area contributed by atoms with Crippen LogP contribution in [0.1, 0.15) is 23.6 Å². The lowest BCUT2D eigenvalue weighted by molar-refractivity contribution is -0.247. The predicted molar refractivity (Wildman–Crippen MR) is 156 cm³/mol. The molecule has 4 atom stereocenters. The van der Waals surface area contributed by atoms with Crippen LogP contribution in [-0.4, -0.2) is 37.8 Å². The van der Waals surface area contributed by atoms with Crippen molar-refractivity contribution in [1.29, 1.82) is 0 Å². The Bertz CT molecular complexity index is 1290. The van der Waals surface area contributed by atoms with E-state index in [4.69, 9.17) is 93.3 Å². The monoisotopic (exact) mass is 652 g/mol. The van der Waals surface area contributed by atoms with Crippen molar-refractivity contribution in [2.45, 2.75) is 50.8 Å². The molecule has 1 aliphatic heterocycles. The average Bonchev–Trinajstić information content (AvgIpc) is 3.15. The first kappa shape index (κ1) is 31.1. The third-order valence-electron chi connectivity index (χ3n) is 6.41. The highest BCUT2D eigenvalue weighted by atomic mass is 35.5. The molecule has 11 heteroatoms. The fraction of sp³-hybridized carbons (Fsp3) is 0.357. The third kappa shape index (κ3) is 7.94. The lowest BCUT2D eigenvalue weighted by Gasteiger charge is -2.30. The summed E-state index contributed by atoms with van der Waals surface area (Å²) in [7, 11) is 1.55. The van der Waals surface area contributed by atoms with Crippen molar-refractivity contribution in [1.82, 2.24) is 0 Å². The first-order valence-electron chi connectivity index (χ1n) is 12.0. The minimum Gasteiger partial charge on any atom is -0.374 e. The van der Waals surface area contributed by atoms with E-state index < -0.39 is 24.1 Å². The average molecular weight is 655 g/mol. The number of methoxy groups -OCH3 is 1. The number of ether oxygens (including phenoxy) is 5. The van der Waals surface area contributed by atoms with E-state index in [1.165, 1.54) is 0 Å². The summed E-state index contributed by atoms with van der Waals surface area (Å²) < 4.78 is 30.8. The maximum absolute atomic E-state index is 6.40. The molecular formula is C28H26Cl6O5. The number of halogens is 6. The molecule has 39 heavy (non-hydrogen) atoms. The SMILES string of the molecule is COC1(C)O[C@H](COCc2ccc(Cl)cc2Cl)[C@@H](OCc2ccc(Cl)cc2Cl)[C@H]1OCc1ccc(Cl)cc1Cl. The van der Waals surface area contributed by atoms with E-state index in [9.17, 15) is 0 Å². The first-order valence-corrected chi connectivity index (χ1v) is 14.2. The molecule has 3 aromatic carbocycles. The number of benzene rings is 3. The van der Waals surface area contributed by atoms with Crippen molar-refractivity contribution < 1.29 is 23.7 Å². The van der Waals surface area contributed by atoms with Crippen LogP contribution >= 0.6 is 69.6 Å². The Morgan fingerprint density at radius 2 is 1.15 bits per heavy atom. The summed E-state index contributed by atoms with van der Waals surface area (Å²) in [4.78, 5) is 0. The van der Waals surface area contributed by atoms with Crippen LogP contribution in [0, 0.1) is 0 Å². The summed E-state index contributed by atoms with van der Waals surface area (Å²) >= 11 is 37.2. The topological polar surface area (TPSA) is 46.2 Å².